The van der Waals surface area contributed by atoms with Gasteiger partial charge in [-0.25, -0.2) is 0 Å². The van der Waals surface area contributed by atoms with E-state index in [4.69, 9.17) is 18.9 Å². The zero-order chi connectivity index (χ0) is 26.1. The quantitative estimate of drug-likeness (QED) is 0.206. The van der Waals surface area contributed by atoms with Gasteiger partial charge in [0, 0.05) is 31.8 Å². The Labute approximate surface area is 216 Å². The molecule has 1 atom stereocenters. The first kappa shape index (κ1) is 27.7. The SMILES string of the molecule is CCC(C)c1ccc(COCOc2c(COC)cc(C)cc2Cc2cc(C)cc(COC)c2O)cc1. The second-order valence-corrected chi connectivity index (χ2v) is 9.55. The lowest BCUT2D eigenvalue weighted by Crippen LogP contribution is -2.09. The second kappa shape index (κ2) is 13.4. The maximum absolute atomic E-state index is 10.9. The molecule has 0 aromatic heterocycles. The number of benzene rings is 3. The van der Waals surface area contributed by atoms with Crippen molar-refractivity contribution in [2.75, 3.05) is 21.0 Å². The van der Waals surface area contributed by atoms with Gasteiger partial charge in [-0.15, -0.1) is 0 Å². The van der Waals surface area contributed by atoms with E-state index in [1.54, 1.807) is 14.2 Å². The molecule has 0 spiro atoms. The molecule has 0 amide bonds. The summed E-state index contributed by atoms with van der Waals surface area (Å²) in [7, 11) is 3.31. The molecule has 5 nitrogen and oxygen atoms in total. The van der Waals surface area contributed by atoms with Gasteiger partial charge in [0.2, 0.25) is 0 Å². The van der Waals surface area contributed by atoms with E-state index in [1.165, 1.54) is 5.56 Å². The van der Waals surface area contributed by atoms with Crippen LogP contribution in [0.15, 0.2) is 48.5 Å². The molecule has 36 heavy (non-hydrogen) atoms. The first-order valence-corrected chi connectivity index (χ1v) is 12.6. The Kier molecular flexibility index (Phi) is 10.4. The molecule has 0 saturated heterocycles. The molecule has 1 unspecified atom stereocenters. The Morgan fingerprint density at radius 2 is 1.36 bits per heavy atom. The van der Waals surface area contributed by atoms with Gasteiger partial charge in [-0.1, -0.05) is 73.5 Å². The molecule has 3 rings (SSSR count). The molecule has 194 valence electrons. The van der Waals surface area contributed by atoms with Crippen LogP contribution in [-0.4, -0.2) is 26.1 Å². The minimum Gasteiger partial charge on any atom is -0.507 e. The summed E-state index contributed by atoms with van der Waals surface area (Å²) >= 11 is 0. The number of phenolic OH excluding ortho intramolecular Hbond substituents is 1. The number of rotatable bonds is 13. The average Bonchev–Trinajstić information content (AvgIpc) is 2.86. The average molecular weight is 493 g/mol. The van der Waals surface area contributed by atoms with Crippen LogP contribution in [-0.2, 0) is 40.5 Å². The molecule has 0 radical (unpaired) electrons. The smallest absolute Gasteiger partial charge is 0.189 e. The minimum absolute atomic E-state index is 0.120. The molecular weight excluding hydrogens is 452 g/mol. The van der Waals surface area contributed by atoms with Crippen molar-refractivity contribution in [2.24, 2.45) is 0 Å². The number of phenols is 1. The molecule has 3 aromatic rings. The summed E-state index contributed by atoms with van der Waals surface area (Å²) in [6.45, 7) is 9.90. The molecule has 0 heterocycles. The van der Waals surface area contributed by atoms with E-state index < -0.39 is 0 Å². The summed E-state index contributed by atoms with van der Waals surface area (Å²) in [6.07, 6.45) is 1.65. The topological polar surface area (TPSA) is 57.2 Å². The Hall–Kier alpha value is -2.86. The molecular formula is C31H40O5. The minimum atomic E-state index is 0.120. The maximum Gasteiger partial charge on any atom is 0.189 e. The van der Waals surface area contributed by atoms with E-state index in [9.17, 15) is 5.11 Å². The third-order valence-electron chi connectivity index (χ3n) is 6.50. The molecule has 0 saturated carbocycles. The molecule has 0 aliphatic rings. The van der Waals surface area contributed by atoms with Crippen molar-refractivity contribution in [1.29, 1.82) is 0 Å². The summed E-state index contributed by atoms with van der Waals surface area (Å²) in [4.78, 5) is 0. The van der Waals surface area contributed by atoms with Crippen molar-refractivity contribution >= 4 is 0 Å². The number of hydrogen-bond donors (Lipinski definition) is 1. The fourth-order valence-corrected chi connectivity index (χ4v) is 4.49. The third kappa shape index (κ3) is 7.33. The molecule has 0 aliphatic heterocycles. The summed E-state index contributed by atoms with van der Waals surface area (Å²) in [6, 6.07) is 16.7. The second-order valence-electron chi connectivity index (χ2n) is 9.55. The predicted octanol–water partition coefficient (Wildman–Crippen LogP) is 6.96. The van der Waals surface area contributed by atoms with Crippen LogP contribution in [0.2, 0.25) is 0 Å². The molecule has 5 heteroatoms. The van der Waals surface area contributed by atoms with Crippen LogP contribution < -0.4 is 4.74 Å². The van der Waals surface area contributed by atoms with Crippen LogP contribution in [0, 0.1) is 13.8 Å². The van der Waals surface area contributed by atoms with Crippen molar-refractivity contribution in [3.8, 4) is 11.5 Å². The largest absolute Gasteiger partial charge is 0.507 e. The maximum atomic E-state index is 10.9. The van der Waals surface area contributed by atoms with Gasteiger partial charge in [0.1, 0.15) is 11.5 Å². The first-order chi connectivity index (χ1) is 17.4. The van der Waals surface area contributed by atoms with Gasteiger partial charge < -0.3 is 24.1 Å². The van der Waals surface area contributed by atoms with Crippen LogP contribution in [0.3, 0.4) is 0 Å². The van der Waals surface area contributed by atoms with Crippen molar-refractivity contribution in [3.05, 3.63) is 93.0 Å². The molecule has 0 aliphatic carbocycles. The monoisotopic (exact) mass is 492 g/mol. The van der Waals surface area contributed by atoms with Gasteiger partial charge in [-0.3, -0.25) is 0 Å². The lowest BCUT2D eigenvalue weighted by molar-refractivity contribution is 0.00322. The van der Waals surface area contributed by atoms with Gasteiger partial charge in [-0.05, 0) is 48.4 Å². The van der Waals surface area contributed by atoms with Crippen LogP contribution in [0.25, 0.3) is 0 Å². The zero-order valence-corrected chi connectivity index (χ0v) is 22.5. The fraction of sp³-hybridized carbons (Fsp3) is 0.419. The van der Waals surface area contributed by atoms with Crippen molar-refractivity contribution in [2.45, 2.75) is 66.3 Å². The molecule has 1 N–H and O–H groups in total. The van der Waals surface area contributed by atoms with Crippen molar-refractivity contribution in [1.82, 2.24) is 0 Å². The number of ether oxygens (including phenoxy) is 4. The summed E-state index contributed by atoms with van der Waals surface area (Å²) in [5.74, 6) is 1.56. The number of aromatic hydroxyl groups is 1. The third-order valence-corrected chi connectivity index (χ3v) is 6.50. The summed E-state index contributed by atoms with van der Waals surface area (Å²) < 4.78 is 22.8. The van der Waals surface area contributed by atoms with E-state index in [2.05, 4.69) is 57.2 Å². The van der Waals surface area contributed by atoms with Gasteiger partial charge in [-0.2, -0.15) is 0 Å². The zero-order valence-electron chi connectivity index (χ0n) is 22.5. The Balaban J connectivity index is 1.77. The highest BCUT2D eigenvalue weighted by atomic mass is 16.7. The predicted molar refractivity (Wildman–Crippen MR) is 144 cm³/mol. The fourth-order valence-electron chi connectivity index (χ4n) is 4.49. The van der Waals surface area contributed by atoms with Crippen molar-refractivity contribution < 1.29 is 24.1 Å². The first-order valence-electron chi connectivity index (χ1n) is 12.6. The lowest BCUT2D eigenvalue weighted by Gasteiger charge is -2.18. The Morgan fingerprint density at radius 1 is 0.778 bits per heavy atom. The Bertz CT molecular complexity index is 1120. The van der Waals surface area contributed by atoms with E-state index >= 15 is 0 Å². The summed E-state index contributed by atoms with van der Waals surface area (Å²) in [5.41, 5.74) is 8.19. The highest BCUT2D eigenvalue weighted by molar-refractivity contribution is 5.51. The molecule has 3 aromatic carbocycles. The number of hydrogen-bond acceptors (Lipinski definition) is 5. The highest BCUT2D eigenvalue weighted by Crippen LogP contribution is 2.33. The van der Waals surface area contributed by atoms with E-state index in [0.717, 1.165) is 51.1 Å². The van der Waals surface area contributed by atoms with Crippen molar-refractivity contribution in [3.63, 3.8) is 0 Å². The molecule has 0 bridgehead atoms. The molecule has 0 fully saturated rings. The van der Waals surface area contributed by atoms with Crippen LogP contribution in [0.1, 0.15) is 70.7 Å². The highest BCUT2D eigenvalue weighted by Gasteiger charge is 2.16. The number of methoxy groups -OCH3 is 2. The van der Waals surface area contributed by atoms with Gasteiger partial charge in [0.25, 0.3) is 0 Å². The van der Waals surface area contributed by atoms with Gasteiger partial charge >= 0.3 is 0 Å². The van der Waals surface area contributed by atoms with Crippen LogP contribution >= 0.6 is 0 Å². The van der Waals surface area contributed by atoms with Crippen LogP contribution in [0.5, 0.6) is 11.5 Å². The standard InChI is InChI=1S/C31H40O5/c1-7-23(4)25-10-8-24(9-11-25)17-35-20-36-31-27(13-22(3)15-29(31)19-34-6)16-26-12-21(2)14-28(18-33-5)30(26)32/h8-15,23,32H,7,16-20H2,1-6H3. The van der Waals surface area contributed by atoms with Gasteiger partial charge in [0.15, 0.2) is 6.79 Å². The Morgan fingerprint density at radius 3 is 2.00 bits per heavy atom. The normalized spacial score (nSPS) is 12.1. The van der Waals surface area contributed by atoms with Gasteiger partial charge in [0.05, 0.1) is 19.8 Å². The van der Waals surface area contributed by atoms with E-state index in [0.29, 0.717) is 32.2 Å². The van der Waals surface area contributed by atoms with E-state index in [1.807, 2.05) is 19.1 Å². The van der Waals surface area contributed by atoms with E-state index in [-0.39, 0.29) is 12.5 Å². The summed E-state index contributed by atoms with van der Waals surface area (Å²) in [5, 5.41) is 10.9. The van der Waals surface area contributed by atoms with Crippen LogP contribution in [0.4, 0.5) is 0 Å². The lowest BCUT2D eigenvalue weighted by atomic mass is 9.95. The number of aryl methyl sites for hydroxylation is 2.